The molecule has 0 bridgehead atoms. The Morgan fingerprint density at radius 3 is 2.72 bits per heavy atom. The van der Waals surface area contributed by atoms with Crippen LogP contribution in [0.25, 0.3) is 0 Å². The van der Waals surface area contributed by atoms with E-state index in [9.17, 15) is 0 Å². The molecule has 0 aliphatic carbocycles. The number of aliphatic imine (C=N–C) groups is 1. The van der Waals surface area contributed by atoms with E-state index in [0.29, 0.717) is 23.9 Å². The SMILES string of the molecule is CC(C)Oc1ncc[c-]c1C1=NC(C)(C)CO1.[Li+]. The molecule has 92 valence electrons. The molecule has 0 unspecified atom stereocenters. The molecule has 0 fully saturated rings. The first-order chi connectivity index (χ1) is 7.98. The Hall–Kier alpha value is -0.983. The Morgan fingerprint density at radius 2 is 2.17 bits per heavy atom. The molecular weight excluding hydrogens is 223 g/mol. The maximum Gasteiger partial charge on any atom is 1.00 e. The van der Waals surface area contributed by atoms with Crippen LogP contribution in [0.5, 0.6) is 5.88 Å². The zero-order valence-corrected chi connectivity index (χ0v) is 11.7. The summed E-state index contributed by atoms with van der Waals surface area (Å²) in [5.74, 6) is 1.10. The van der Waals surface area contributed by atoms with E-state index in [2.05, 4.69) is 16.0 Å². The van der Waals surface area contributed by atoms with E-state index < -0.39 is 0 Å². The molecule has 1 aliphatic rings. The Bertz CT molecular complexity index is 444. The Kier molecular flexibility index (Phi) is 4.83. The third-order valence-corrected chi connectivity index (χ3v) is 2.24. The maximum atomic E-state index is 5.62. The average Bonchev–Trinajstić information content (AvgIpc) is 2.59. The zero-order valence-electron chi connectivity index (χ0n) is 11.7. The van der Waals surface area contributed by atoms with Crippen molar-refractivity contribution in [1.82, 2.24) is 4.98 Å². The van der Waals surface area contributed by atoms with E-state index in [1.807, 2.05) is 27.7 Å². The van der Waals surface area contributed by atoms with E-state index in [4.69, 9.17) is 9.47 Å². The van der Waals surface area contributed by atoms with Crippen molar-refractivity contribution in [3.05, 3.63) is 23.9 Å². The van der Waals surface area contributed by atoms with Gasteiger partial charge < -0.3 is 14.5 Å². The summed E-state index contributed by atoms with van der Waals surface area (Å²) in [6.45, 7) is 8.55. The predicted molar refractivity (Wildman–Crippen MR) is 65.4 cm³/mol. The van der Waals surface area contributed by atoms with Crippen LogP contribution >= 0.6 is 0 Å². The summed E-state index contributed by atoms with van der Waals surface area (Å²) in [6.07, 6.45) is 1.72. The fourth-order valence-electron chi connectivity index (χ4n) is 1.53. The van der Waals surface area contributed by atoms with Gasteiger partial charge in [-0.3, -0.25) is 4.99 Å². The monoisotopic (exact) mass is 240 g/mol. The van der Waals surface area contributed by atoms with Crippen LogP contribution in [0.15, 0.2) is 17.3 Å². The van der Waals surface area contributed by atoms with Gasteiger partial charge >= 0.3 is 18.9 Å². The van der Waals surface area contributed by atoms with E-state index >= 15 is 0 Å². The minimum absolute atomic E-state index is 0. The molecule has 1 aromatic rings. The minimum atomic E-state index is -0.186. The van der Waals surface area contributed by atoms with Crippen molar-refractivity contribution in [3.63, 3.8) is 0 Å². The van der Waals surface area contributed by atoms with Crippen molar-refractivity contribution >= 4 is 5.90 Å². The number of pyridine rings is 1. The van der Waals surface area contributed by atoms with Gasteiger partial charge in [-0.25, -0.2) is 0 Å². The first kappa shape index (κ1) is 15.1. The Labute approximate surface area is 120 Å². The molecule has 0 saturated carbocycles. The minimum Gasteiger partial charge on any atom is -0.518 e. The maximum absolute atomic E-state index is 5.62. The van der Waals surface area contributed by atoms with Gasteiger partial charge in [0.1, 0.15) is 18.4 Å². The third-order valence-electron chi connectivity index (χ3n) is 2.24. The smallest absolute Gasteiger partial charge is 0.518 e. The first-order valence-corrected chi connectivity index (χ1v) is 5.74. The molecule has 0 aromatic carbocycles. The molecule has 2 heterocycles. The molecule has 0 spiro atoms. The molecular formula is C13H17LiN2O2. The van der Waals surface area contributed by atoms with E-state index in [-0.39, 0.29) is 30.5 Å². The Balaban J connectivity index is 0.00000162. The molecule has 1 aliphatic heterocycles. The van der Waals surface area contributed by atoms with Crippen molar-refractivity contribution in [3.8, 4) is 5.88 Å². The second-order valence-corrected chi connectivity index (χ2v) is 4.95. The summed E-state index contributed by atoms with van der Waals surface area (Å²) < 4.78 is 11.2. The summed E-state index contributed by atoms with van der Waals surface area (Å²) in [5, 5.41) is 0. The van der Waals surface area contributed by atoms with Gasteiger partial charge in [-0.05, 0) is 33.3 Å². The summed E-state index contributed by atoms with van der Waals surface area (Å²) in [4.78, 5) is 8.70. The van der Waals surface area contributed by atoms with E-state index in [1.165, 1.54) is 0 Å². The van der Waals surface area contributed by atoms with E-state index in [1.54, 1.807) is 12.3 Å². The normalized spacial score (nSPS) is 16.8. The topological polar surface area (TPSA) is 43.7 Å². The number of hydrogen-bond acceptors (Lipinski definition) is 4. The number of rotatable bonds is 3. The van der Waals surface area contributed by atoms with Crippen molar-refractivity contribution in [2.75, 3.05) is 6.61 Å². The molecule has 1 aromatic heterocycles. The number of ether oxygens (including phenoxy) is 2. The first-order valence-electron chi connectivity index (χ1n) is 5.74. The number of nitrogens with zero attached hydrogens (tertiary/aromatic N) is 2. The van der Waals surface area contributed by atoms with Gasteiger partial charge in [-0.2, -0.15) is 0 Å². The molecule has 18 heavy (non-hydrogen) atoms. The van der Waals surface area contributed by atoms with Crippen LogP contribution in [0.3, 0.4) is 0 Å². The molecule has 4 nitrogen and oxygen atoms in total. The molecule has 0 atom stereocenters. The van der Waals surface area contributed by atoms with Crippen molar-refractivity contribution < 1.29 is 28.3 Å². The van der Waals surface area contributed by atoms with Crippen molar-refractivity contribution in [1.29, 1.82) is 0 Å². The van der Waals surface area contributed by atoms with Crippen LogP contribution in [-0.2, 0) is 4.74 Å². The molecule has 0 amide bonds. The predicted octanol–water partition coefficient (Wildman–Crippen LogP) is -0.772. The molecule has 0 N–H and O–H groups in total. The van der Waals surface area contributed by atoms with Crippen LogP contribution < -0.4 is 23.6 Å². The van der Waals surface area contributed by atoms with Gasteiger partial charge in [0, 0.05) is 0 Å². The molecule has 0 saturated heterocycles. The summed E-state index contributed by atoms with van der Waals surface area (Å²) in [7, 11) is 0. The van der Waals surface area contributed by atoms with Crippen LogP contribution in [0, 0.1) is 6.07 Å². The second kappa shape index (κ2) is 5.77. The summed E-state index contributed by atoms with van der Waals surface area (Å²) >= 11 is 0. The van der Waals surface area contributed by atoms with Gasteiger partial charge in [0.2, 0.25) is 0 Å². The molecule has 0 radical (unpaired) electrons. The summed E-state index contributed by atoms with van der Waals surface area (Å²) in [6, 6.07) is 4.81. The standard InChI is InChI=1S/C13H17N2O2.Li/c1-9(2)17-11-10(6-5-7-14-11)12-15-13(3,4)8-16-12;/h5,7,9H,8H2,1-4H3;/q-1;+1. The van der Waals surface area contributed by atoms with Crippen molar-refractivity contribution in [2.45, 2.75) is 39.3 Å². The van der Waals surface area contributed by atoms with Gasteiger partial charge in [0.05, 0.1) is 11.6 Å². The van der Waals surface area contributed by atoms with Gasteiger partial charge in [0.15, 0.2) is 0 Å². The molecule has 2 rings (SSSR count). The van der Waals surface area contributed by atoms with Crippen LogP contribution in [0.2, 0.25) is 0 Å². The quantitative estimate of drug-likeness (QED) is 0.514. The van der Waals surface area contributed by atoms with Crippen LogP contribution in [-0.4, -0.2) is 29.1 Å². The fraction of sp³-hybridized carbons (Fsp3) is 0.538. The van der Waals surface area contributed by atoms with Gasteiger partial charge in [-0.15, -0.1) is 12.1 Å². The Morgan fingerprint density at radius 1 is 1.44 bits per heavy atom. The molecule has 5 heteroatoms. The number of aromatic nitrogens is 1. The number of hydrogen-bond donors (Lipinski definition) is 0. The van der Waals surface area contributed by atoms with Gasteiger partial charge in [-0.1, -0.05) is 6.20 Å². The average molecular weight is 240 g/mol. The van der Waals surface area contributed by atoms with Crippen molar-refractivity contribution in [2.24, 2.45) is 4.99 Å². The van der Waals surface area contributed by atoms with E-state index in [0.717, 1.165) is 0 Å². The largest absolute Gasteiger partial charge is 1.00 e. The van der Waals surface area contributed by atoms with Crippen LogP contribution in [0.1, 0.15) is 33.3 Å². The fourth-order valence-corrected chi connectivity index (χ4v) is 1.53. The second-order valence-electron chi connectivity index (χ2n) is 4.95. The zero-order chi connectivity index (χ0) is 12.5. The summed E-state index contributed by atoms with van der Waals surface area (Å²) in [5.41, 5.74) is 0.514. The van der Waals surface area contributed by atoms with Gasteiger partial charge in [0.25, 0.3) is 0 Å². The van der Waals surface area contributed by atoms with Crippen LogP contribution in [0.4, 0.5) is 0 Å². The third kappa shape index (κ3) is 3.50.